The third-order valence-electron chi connectivity index (χ3n) is 1.95. The van der Waals surface area contributed by atoms with Crippen LogP contribution in [0.4, 0.5) is 0 Å². The Morgan fingerprint density at radius 3 is 2.00 bits per heavy atom. The fourth-order valence-corrected chi connectivity index (χ4v) is 1.28. The summed E-state index contributed by atoms with van der Waals surface area (Å²) in [6.45, 7) is 0. The highest BCUT2D eigenvalue weighted by atomic mass is 28.1. The van der Waals surface area contributed by atoms with Crippen molar-refractivity contribution in [2.75, 3.05) is 0 Å². The molecule has 0 aromatic carbocycles. The highest BCUT2D eigenvalue weighted by Gasteiger charge is 2.25. The molecule has 0 unspecified atom stereocenters. The predicted octanol–water partition coefficient (Wildman–Crippen LogP) is -0.137. The molecule has 1 N–H and O–H groups in total. The van der Waals surface area contributed by atoms with Crippen LogP contribution >= 0.6 is 0 Å². The van der Waals surface area contributed by atoms with Crippen molar-refractivity contribution in [2.24, 2.45) is 0 Å². The van der Waals surface area contributed by atoms with Crippen LogP contribution < -0.4 is 0 Å². The van der Waals surface area contributed by atoms with Gasteiger partial charge in [-0.15, -0.1) is 6.42 Å². The van der Waals surface area contributed by atoms with Gasteiger partial charge < -0.3 is 5.11 Å². The van der Waals surface area contributed by atoms with E-state index in [1.807, 2.05) is 0 Å². The van der Waals surface area contributed by atoms with E-state index >= 15 is 0 Å². The number of hydrogen-bond acceptors (Lipinski definition) is 1. The van der Waals surface area contributed by atoms with Crippen LogP contribution in [0.15, 0.2) is 0 Å². The van der Waals surface area contributed by atoms with Crippen LogP contribution in [0.5, 0.6) is 0 Å². The van der Waals surface area contributed by atoms with Crippen LogP contribution in [0.25, 0.3) is 0 Å². The minimum Gasteiger partial charge on any atom is -0.378 e. The van der Waals surface area contributed by atoms with Crippen LogP contribution in [0, 0.1) is 12.3 Å². The summed E-state index contributed by atoms with van der Waals surface area (Å²) in [7, 11) is 0. The third-order valence-corrected chi connectivity index (χ3v) is 1.95. The van der Waals surface area contributed by atoms with Crippen molar-refractivity contribution < 1.29 is 5.11 Å². The lowest BCUT2D eigenvalue weighted by Gasteiger charge is -2.26. The molecule has 58 valence electrons. The van der Waals surface area contributed by atoms with Crippen LogP contribution in [-0.4, -0.2) is 21.7 Å². The number of hydrogen-bond donors (Lipinski definition) is 1. The molecule has 1 aliphatic carbocycles. The molecule has 0 saturated heterocycles. The molecule has 10 heavy (non-hydrogen) atoms. The maximum Gasteiger partial charge on any atom is 0.125 e. The fourth-order valence-electron chi connectivity index (χ4n) is 1.28. The lowest BCUT2D eigenvalue weighted by atomic mass is 9.86. The van der Waals surface area contributed by atoms with E-state index in [0.717, 1.165) is 25.7 Å². The molecule has 1 rings (SSSR count). The van der Waals surface area contributed by atoms with Gasteiger partial charge in [0.05, 0.1) is 0 Å². The van der Waals surface area contributed by atoms with Crippen molar-refractivity contribution in [1.29, 1.82) is 0 Å². The lowest BCUT2D eigenvalue weighted by Crippen LogP contribution is -2.28. The zero-order chi connectivity index (χ0) is 6.74. The molecular formula is C8H16OSi. The first-order valence-electron chi connectivity index (χ1n) is 3.47. The molecule has 0 heterocycles. The van der Waals surface area contributed by atoms with E-state index in [1.165, 1.54) is 6.42 Å². The van der Waals surface area contributed by atoms with E-state index in [2.05, 4.69) is 5.92 Å². The number of terminal acetylenes is 1. The van der Waals surface area contributed by atoms with Crippen molar-refractivity contribution in [3.63, 3.8) is 0 Å². The Kier molecular flexibility index (Phi) is 3.70. The Balaban J connectivity index is 0.000000810. The average molecular weight is 156 g/mol. The highest BCUT2D eigenvalue weighted by molar-refractivity contribution is 5.75. The smallest absolute Gasteiger partial charge is 0.125 e. The minimum atomic E-state index is -0.752. The fraction of sp³-hybridized carbons (Fsp3) is 0.750. The molecule has 2 heteroatoms. The van der Waals surface area contributed by atoms with Gasteiger partial charge in [0.2, 0.25) is 0 Å². The SMILES string of the molecule is C#CC1(O)CCCCC1.[SiH4]. The Bertz CT molecular complexity index is 131. The molecule has 0 radical (unpaired) electrons. The normalized spacial score (nSPS) is 22.4. The maximum absolute atomic E-state index is 9.44. The zero-order valence-corrected chi connectivity index (χ0v) is 5.56. The van der Waals surface area contributed by atoms with E-state index in [9.17, 15) is 5.11 Å². The molecule has 1 saturated carbocycles. The molecule has 0 aromatic heterocycles. The number of rotatable bonds is 0. The van der Waals surface area contributed by atoms with E-state index in [1.54, 1.807) is 0 Å². The molecule has 0 atom stereocenters. The summed E-state index contributed by atoms with van der Waals surface area (Å²) in [5.74, 6) is 2.44. The summed E-state index contributed by atoms with van der Waals surface area (Å²) in [4.78, 5) is 0. The van der Waals surface area contributed by atoms with E-state index in [4.69, 9.17) is 6.42 Å². The quantitative estimate of drug-likeness (QED) is 0.382. The molecular weight excluding hydrogens is 140 g/mol. The predicted molar refractivity (Wildman–Crippen MR) is 48.2 cm³/mol. The topological polar surface area (TPSA) is 20.2 Å². The van der Waals surface area contributed by atoms with Gasteiger partial charge in [0.1, 0.15) is 5.60 Å². The van der Waals surface area contributed by atoms with Crippen molar-refractivity contribution in [3.8, 4) is 12.3 Å². The van der Waals surface area contributed by atoms with Gasteiger partial charge in [0.25, 0.3) is 0 Å². The summed E-state index contributed by atoms with van der Waals surface area (Å²) in [5.41, 5.74) is -0.752. The summed E-state index contributed by atoms with van der Waals surface area (Å²) >= 11 is 0. The van der Waals surface area contributed by atoms with Crippen molar-refractivity contribution in [3.05, 3.63) is 0 Å². The summed E-state index contributed by atoms with van der Waals surface area (Å²) in [6.07, 6.45) is 10.1. The van der Waals surface area contributed by atoms with Crippen LogP contribution in [0.3, 0.4) is 0 Å². The van der Waals surface area contributed by atoms with E-state index < -0.39 is 5.60 Å². The molecule has 1 aliphatic rings. The lowest BCUT2D eigenvalue weighted by molar-refractivity contribution is 0.0612. The first-order chi connectivity index (χ1) is 4.27. The zero-order valence-electron chi connectivity index (χ0n) is 5.56. The standard InChI is InChI=1S/C8H12O.H4Si/c1-2-8(9)6-4-3-5-7-8;/h1,9H,3-7H2;1H4. The van der Waals surface area contributed by atoms with Crippen molar-refractivity contribution >= 4 is 11.0 Å². The van der Waals surface area contributed by atoms with Gasteiger partial charge in [-0.3, -0.25) is 0 Å². The first kappa shape index (κ1) is 9.74. The highest BCUT2D eigenvalue weighted by Crippen LogP contribution is 2.26. The van der Waals surface area contributed by atoms with Crippen molar-refractivity contribution in [1.82, 2.24) is 0 Å². The number of aliphatic hydroxyl groups is 1. The molecule has 0 amide bonds. The Morgan fingerprint density at radius 1 is 1.20 bits per heavy atom. The average Bonchev–Trinajstić information content (AvgIpc) is 1.90. The molecule has 0 aromatic rings. The van der Waals surface area contributed by atoms with Crippen LogP contribution in [0.2, 0.25) is 0 Å². The Hall–Kier alpha value is -0.263. The second-order valence-corrected chi connectivity index (χ2v) is 2.74. The van der Waals surface area contributed by atoms with E-state index in [-0.39, 0.29) is 11.0 Å². The summed E-state index contributed by atoms with van der Waals surface area (Å²) < 4.78 is 0. The van der Waals surface area contributed by atoms with E-state index in [0.29, 0.717) is 0 Å². The molecule has 1 fully saturated rings. The largest absolute Gasteiger partial charge is 0.378 e. The minimum absolute atomic E-state index is 0. The molecule has 0 aliphatic heterocycles. The van der Waals surface area contributed by atoms with Gasteiger partial charge in [-0.25, -0.2) is 0 Å². The summed E-state index contributed by atoms with van der Waals surface area (Å²) in [5, 5.41) is 9.44. The van der Waals surface area contributed by atoms with Gasteiger partial charge in [-0.1, -0.05) is 12.3 Å². The van der Waals surface area contributed by atoms with Gasteiger partial charge in [0.15, 0.2) is 0 Å². The maximum atomic E-state index is 9.44. The summed E-state index contributed by atoms with van der Waals surface area (Å²) in [6, 6.07) is 0. The monoisotopic (exact) mass is 156 g/mol. The second-order valence-electron chi connectivity index (χ2n) is 2.74. The second kappa shape index (κ2) is 3.80. The molecule has 0 bridgehead atoms. The van der Waals surface area contributed by atoms with Crippen LogP contribution in [0.1, 0.15) is 32.1 Å². The Morgan fingerprint density at radius 2 is 1.70 bits per heavy atom. The Labute approximate surface area is 66.9 Å². The van der Waals surface area contributed by atoms with Gasteiger partial charge >= 0.3 is 0 Å². The van der Waals surface area contributed by atoms with Gasteiger partial charge in [-0.05, 0) is 36.6 Å². The molecule has 1 nitrogen and oxygen atoms in total. The third kappa shape index (κ3) is 2.16. The van der Waals surface area contributed by atoms with Crippen molar-refractivity contribution in [2.45, 2.75) is 37.7 Å². The first-order valence-corrected chi connectivity index (χ1v) is 3.47. The van der Waals surface area contributed by atoms with Gasteiger partial charge in [0, 0.05) is 0 Å². The molecule has 0 spiro atoms. The van der Waals surface area contributed by atoms with Gasteiger partial charge in [-0.2, -0.15) is 0 Å². The van der Waals surface area contributed by atoms with Crippen LogP contribution in [-0.2, 0) is 0 Å².